The Morgan fingerprint density at radius 2 is 1.81 bits per heavy atom. The number of hydrogen-bond donors (Lipinski definition) is 1. The monoisotopic (exact) mass is 394 g/mol. The van der Waals surface area contributed by atoms with Gasteiger partial charge in [-0.2, -0.15) is 0 Å². The Bertz CT molecular complexity index is 870. The molecule has 0 radical (unpaired) electrons. The molecule has 2 rings (SSSR count). The van der Waals surface area contributed by atoms with Crippen molar-refractivity contribution in [2.75, 3.05) is 25.5 Å². The lowest BCUT2D eigenvalue weighted by atomic mass is 10.3. The van der Waals surface area contributed by atoms with Crippen LogP contribution in [0.4, 0.5) is 10.1 Å². The number of halogens is 1. The van der Waals surface area contributed by atoms with E-state index in [1.165, 1.54) is 46.8 Å². The maximum Gasteiger partial charge on any atom is 0.262 e. The average Bonchev–Trinajstić information content (AvgIpc) is 2.65. The number of ether oxygens (including phenoxy) is 1. The van der Waals surface area contributed by atoms with E-state index < -0.39 is 21.7 Å². The summed E-state index contributed by atoms with van der Waals surface area (Å²) < 4.78 is 44.8. The Morgan fingerprint density at radius 3 is 2.44 bits per heavy atom. The first-order valence-electron chi connectivity index (χ1n) is 8.58. The second-order valence-corrected chi connectivity index (χ2v) is 8.02. The largest absolute Gasteiger partial charge is 0.481 e. The maximum atomic E-state index is 13.4. The molecule has 0 aliphatic rings. The molecule has 146 valence electrons. The van der Waals surface area contributed by atoms with Crippen LogP contribution in [-0.4, -0.2) is 38.8 Å². The quantitative estimate of drug-likeness (QED) is 0.708. The van der Waals surface area contributed by atoms with Gasteiger partial charge in [-0.25, -0.2) is 17.1 Å². The van der Waals surface area contributed by atoms with E-state index in [9.17, 15) is 17.6 Å². The van der Waals surface area contributed by atoms with Gasteiger partial charge in [0.1, 0.15) is 0 Å². The lowest BCUT2D eigenvalue weighted by molar-refractivity contribution is -0.118. The smallest absolute Gasteiger partial charge is 0.262 e. The number of nitrogens with zero attached hydrogens (tertiary/aromatic N) is 1. The van der Waals surface area contributed by atoms with Crippen LogP contribution in [-0.2, 0) is 14.8 Å². The second kappa shape index (κ2) is 9.48. The normalized spacial score (nSPS) is 11.4. The van der Waals surface area contributed by atoms with Crippen LogP contribution in [0.2, 0.25) is 0 Å². The summed E-state index contributed by atoms with van der Waals surface area (Å²) in [5.41, 5.74) is 0.423. The molecule has 1 amide bonds. The van der Waals surface area contributed by atoms with Crippen molar-refractivity contribution in [3.05, 3.63) is 54.3 Å². The SMILES string of the molecule is CCCCN(C)S(=O)(=O)c1ccc(NC(=O)COc2ccccc2F)cc1. The van der Waals surface area contributed by atoms with E-state index in [0.717, 1.165) is 12.8 Å². The summed E-state index contributed by atoms with van der Waals surface area (Å²) in [6.07, 6.45) is 1.69. The fourth-order valence-corrected chi connectivity index (χ4v) is 3.50. The molecule has 0 fully saturated rings. The van der Waals surface area contributed by atoms with Gasteiger partial charge in [0.15, 0.2) is 18.2 Å². The van der Waals surface area contributed by atoms with Crippen LogP contribution >= 0.6 is 0 Å². The number of rotatable bonds is 9. The van der Waals surface area contributed by atoms with Crippen molar-refractivity contribution in [2.45, 2.75) is 24.7 Å². The van der Waals surface area contributed by atoms with E-state index in [0.29, 0.717) is 12.2 Å². The van der Waals surface area contributed by atoms with Gasteiger partial charge in [-0.15, -0.1) is 0 Å². The molecule has 2 aromatic rings. The summed E-state index contributed by atoms with van der Waals surface area (Å²) in [4.78, 5) is 12.1. The highest BCUT2D eigenvalue weighted by molar-refractivity contribution is 7.89. The zero-order chi connectivity index (χ0) is 19.9. The Kier molecular flexibility index (Phi) is 7.32. The molecule has 8 heteroatoms. The molecule has 1 N–H and O–H groups in total. The van der Waals surface area contributed by atoms with Crippen molar-refractivity contribution < 1.29 is 22.3 Å². The zero-order valence-corrected chi connectivity index (χ0v) is 16.1. The van der Waals surface area contributed by atoms with Crippen molar-refractivity contribution in [2.24, 2.45) is 0 Å². The number of carbonyl (C=O) groups excluding carboxylic acids is 1. The third-order valence-corrected chi connectivity index (χ3v) is 5.74. The zero-order valence-electron chi connectivity index (χ0n) is 15.3. The minimum atomic E-state index is -3.55. The minimum absolute atomic E-state index is 0.00999. The summed E-state index contributed by atoms with van der Waals surface area (Å²) in [7, 11) is -2.01. The highest BCUT2D eigenvalue weighted by Crippen LogP contribution is 2.18. The molecule has 0 saturated carbocycles. The van der Waals surface area contributed by atoms with Gasteiger partial charge in [0, 0.05) is 19.3 Å². The first kappa shape index (κ1) is 20.9. The van der Waals surface area contributed by atoms with Crippen LogP contribution in [0, 0.1) is 5.82 Å². The number of unbranched alkanes of at least 4 members (excludes halogenated alkanes) is 1. The van der Waals surface area contributed by atoms with Crippen molar-refractivity contribution in [3.8, 4) is 5.75 Å². The van der Waals surface area contributed by atoms with Crippen LogP contribution in [0.25, 0.3) is 0 Å². The molecule has 0 aliphatic carbocycles. The molecule has 0 aromatic heterocycles. The lowest BCUT2D eigenvalue weighted by Gasteiger charge is -2.17. The topological polar surface area (TPSA) is 75.7 Å². The number of nitrogens with one attached hydrogen (secondary N) is 1. The standard InChI is InChI=1S/C19H23FN2O4S/c1-3-4-13-22(2)27(24,25)16-11-9-15(10-12-16)21-19(23)14-26-18-8-6-5-7-17(18)20/h5-12H,3-4,13-14H2,1-2H3,(H,21,23). The van der Waals surface area contributed by atoms with Gasteiger partial charge in [-0.05, 0) is 42.8 Å². The Balaban J connectivity index is 1.95. The van der Waals surface area contributed by atoms with Crippen molar-refractivity contribution in [1.82, 2.24) is 4.31 Å². The molecule has 0 spiro atoms. The fourth-order valence-electron chi connectivity index (χ4n) is 2.29. The van der Waals surface area contributed by atoms with Crippen LogP contribution < -0.4 is 10.1 Å². The van der Waals surface area contributed by atoms with Crippen LogP contribution in [0.5, 0.6) is 5.75 Å². The number of sulfonamides is 1. The van der Waals surface area contributed by atoms with E-state index in [1.807, 2.05) is 6.92 Å². The molecular weight excluding hydrogens is 371 g/mol. The number of hydrogen-bond acceptors (Lipinski definition) is 4. The Morgan fingerprint density at radius 1 is 1.15 bits per heavy atom. The first-order chi connectivity index (χ1) is 12.8. The molecule has 2 aromatic carbocycles. The van der Waals surface area contributed by atoms with Crippen LogP contribution in [0.1, 0.15) is 19.8 Å². The second-order valence-electron chi connectivity index (χ2n) is 5.97. The van der Waals surface area contributed by atoms with Crippen molar-refractivity contribution >= 4 is 21.6 Å². The predicted octanol–water partition coefficient (Wildman–Crippen LogP) is 3.26. The molecule has 0 aliphatic heterocycles. The summed E-state index contributed by atoms with van der Waals surface area (Å²) in [5.74, 6) is -1.04. The van der Waals surface area contributed by atoms with Crippen molar-refractivity contribution in [3.63, 3.8) is 0 Å². The highest BCUT2D eigenvalue weighted by atomic mass is 32.2. The van der Waals surface area contributed by atoms with Gasteiger partial charge in [0.25, 0.3) is 5.91 Å². The van der Waals surface area contributed by atoms with E-state index >= 15 is 0 Å². The van der Waals surface area contributed by atoms with Crippen LogP contribution in [0.15, 0.2) is 53.4 Å². The van der Waals surface area contributed by atoms with Gasteiger partial charge >= 0.3 is 0 Å². The molecule has 6 nitrogen and oxygen atoms in total. The molecular formula is C19H23FN2O4S. The fraction of sp³-hybridized carbons (Fsp3) is 0.316. The van der Waals surface area contributed by atoms with Crippen molar-refractivity contribution in [1.29, 1.82) is 0 Å². The molecule has 0 unspecified atom stereocenters. The highest BCUT2D eigenvalue weighted by Gasteiger charge is 2.20. The van der Waals surface area contributed by atoms with Gasteiger partial charge in [0.05, 0.1) is 4.90 Å². The summed E-state index contributed by atoms with van der Waals surface area (Å²) in [6, 6.07) is 11.7. The molecule has 0 saturated heterocycles. The number of benzene rings is 2. The molecule has 0 bridgehead atoms. The lowest BCUT2D eigenvalue weighted by Crippen LogP contribution is -2.28. The number of para-hydroxylation sites is 1. The number of anilines is 1. The maximum absolute atomic E-state index is 13.4. The van der Waals surface area contributed by atoms with Gasteiger partial charge in [-0.1, -0.05) is 25.5 Å². The molecule has 0 heterocycles. The van der Waals surface area contributed by atoms with E-state index in [-0.39, 0.29) is 17.3 Å². The minimum Gasteiger partial charge on any atom is -0.481 e. The number of amides is 1. The van der Waals surface area contributed by atoms with Gasteiger partial charge in [0.2, 0.25) is 10.0 Å². The van der Waals surface area contributed by atoms with Gasteiger partial charge in [-0.3, -0.25) is 4.79 Å². The van der Waals surface area contributed by atoms with E-state index in [1.54, 1.807) is 13.1 Å². The Labute approximate surface area is 159 Å². The van der Waals surface area contributed by atoms with E-state index in [4.69, 9.17) is 4.74 Å². The number of carbonyl (C=O) groups is 1. The molecule has 27 heavy (non-hydrogen) atoms. The predicted molar refractivity (Wildman–Crippen MR) is 102 cm³/mol. The third kappa shape index (κ3) is 5.77. The van der Waals surface area contributed by atoms with Crippen LogP contribution in [0.3, 0.4) is 0 Å². The van der Waals surface area contributed by atoms with E-state index in [2.05, 4.69) is 5.32 Å². The Hall–Kier alpha value is -2.45. The third-order valence-electron chi connectivity index (χ3n) is 3.87. The van der Waals surface area contributed by atoms with Gasteiger partial charge < -0.3 is 10.1 Å². The molecule has 0 atom stereocenters. The summed E-state index contributed by atoms with van der Waals surface area (Å²) >= 11 is 0. The first-order valence-corrected chi connectivity index (χ1v) is 10.0. The average molecular weight is 394 g/mol. The summed E-state index contributed by atoms with van der Waals surface area (Å²) in [6.45, 7) is 2.08. The summed E-state index contributed by atoms with van der Waals surface area (Å²) in [5, 5.41) is 2.58.